The van der Waals surface area contributed by atoms with Crippen molar-refractivity contribution in [1.29, 1.82) is 5.26 Å². The fraction of sp³-hybridized carbons (Fsp3) is 0.208. The summed E-state index contributed by atoms with van der Waals surface area (Å²) in [5, 5.41) is 9.56. The highest BCUT2D eigenvalue weighted by Crippen LogP contribution is 2.38. The van der Waals surface area contributed by atoms with Gasteiger partial charge in [0.05, 0.1) is 16.1 Å². The Morgan fingerprint density at radius 3 is 2.27 bits per heavy atom. The summed E-state index contributed by atoms with van der Waals surface area (Å²) in [6, 6.07) is 13.0. The van der Waals surface area contributed by atoms with Crippen LogP contribution in [0.5, 0.6) is 0 Å². The van der Waals surface area contributed by atoms with Gasteiger partial charge in [0.2, 0.25) is 9.84 Å². The Morgan fingerprint density at radius 1 is 1.09 bits per heavy atom. The number of nitrogens with zero attached hydrogens (tertiary/aromatic N) is 2. The topological polar surface area (TPSA) is 62.9 Å². The molecule has 0 radical (unpaired) electrons. The van der Waals surface area contributed by atoms with Gasteiger partial charge in [-0.2, -0.15) is 18.4 Å². The molecule has 3 aromatic rings. The summed E-state index contributed by atoms with van der Waals surface area (Å²) < 4.78 is 81.8. The molecule has 0 saturated heterocycles. The molecular weight excluding hydrogens is 456 g/mol. The lowest BCUT2D eigenvalue weighted by atomic mass is 10.1. The highest BCUT2D eigenvalue weighted by molar-refractivity contribution is 7.95. The van der Waals surface area contributed by atoms with Gasteiger partial charge in [-0.1, -0.05) is 32.0 Å². The van der Waals surface area contributed by atoms with Gasteiger partial charge < -0.3 is 4.57 Å². The maximum atomic E-state index is 13.7. The van der Waals surface area contributed by atoms with Crippen molar-refractivity contribution >= 4 is 15.9 Å². The van der Waals surface area contributed by atoms with E-state index >= 15 is 0 Å². The van der Waals surface area contributed by atoms with Crippen molar-refractivity contribution in [2.75, 3.05) is 0 Å². The summed E-state index contributed by atoms with van der Waals surface area (Å²) >= 11 is 0. The van der Waals surface area contributed by atoms with Gasteiger partial charge >= 0.3 is 6.18 Å². The highest BCUT2D eigenvalue weighted by atomic mass is 32.2. The second-order valence-corrected chi connectivity index (χ2v) is 9.61. The van der Waals surface area contributed by atoms with Crippen LogP contribution in [0.3, 0.4) is 0 Å². The third-order valence-electron chi connectivity index (χ3n) is 5.15. The van der Waals surface area contributed by atoms with Crippen molar-refractivity contribution in [2.24, 2.45) is 0 Å². The summed E-state index contributed by atoms with van der Waals surface area (Å²) in [4.78, 5) is -0.615. The zero-order valence-corrected chi connectivity index (χ0v) is 18.8. The number of allylic oxidation sites excluding steroid dienone is 1. The average molecular weight is 476 g/mol. The summed E-state index contributed by atoms with van der Waals surface area (Å²) in [6.07, 6.45) is -3.66. The van der Waals surface area contributed by atoms with Gasteiger partial charge in [-0.15, -0.1) is 0 Å². The molecule has 172 valence electrons. The molecule has 0 spiro atoms. The predicted molar refractivity (Wildman–Crippen MR) is 117 cm³/mol. The third kappa shape index (κ3) is 4.71. The number of nitriles is 1. The van der Waals surface area contributed by atoms with Gasteiger partial charge in [-0.05, 0) is 60.9 Å². The molecule has 0 amide bonds. The fourth-order valence-electron chi connectivity index (χ4n) is 3.51. The van der Waals surface area contributed by atoms with E-state index in [1.807, 2.05) is 0 Å². The number of sulfone groups is 1. The molecule has 9 heteroatoms. The minimum absolute atomic E-state index is 0.0724. The smallest absolute Gasteiger partial charge is 0.317 e. The molecule has 0 fully saturated rings. The molecule has 3 rings (SSSR count). The van der Waals surface area contributed by atoms with E-state index in [1.54, 1.807) is 32.0 Å². The third-order valence-corrected chi connectivity index (χ3v) is 6.83. The maximum Gasteiger partial charge on any atom is 0.418 e. The van der Waals surface area contributed by atoms with E-state index < -0.39 is 32.3 Å². The normalized spacial score (nSPS) is 12.8. The van der Waals surface area contributed by atoms with Crippen LogP contribution < -0.4 is 0 Å². The van der Waals surface area contributed by atoms with E-state index in [1.165, 1.54) is 35.8 Å². The lowest BCUT2D eigenvalue weighted by Crippen LogP contribution is -2.14. The Hall–Kier alpha value is -3.38. The molecule has 4 nitrogen and oxygen atoms in total. The van der Waals surface area contributed by atoms with Crippen LogP contribution in [0.15, 0.2) is 64.4 Å². The number of hydrogen-bond acceptors (Lipinski definition) is 3. The average Bonchev–Trinajstić information content (AvgIpc) is 3.08. The van der Waals surface area contributed by atoms with Gasteiger partial charge in [0.15, 0.2) is 0 Å². The molecule has 0 aliphatic carbocycles. The summed E-state index contributed by atoms with van der Waals surface area (Å²) in [5.41, 5.74) is -0.436. The Bertz CT molecular complexity index is 1360. The molecule has 0 N–H and O–H groups in total. The van der Waals surface area contributed by atoms with Crippen molar-refractivity contribution in [3.63, 3.8) is 0 Å². The van der Waals surface area contributed by atoms with E-state index in [9.17, 15) is 31.2 Å². The molecule has 0 saturated carbocycles. The number of halogens is 4. The van der Waals surface area contributed by atoms with E-state index in [2.05, 4.69) is 0 Å². The minimum atomic E-state index is -4.81. The van der Waals surface area contributed by atoms with Gasteiger partial charge in [0.25, 0.3) is 0 Å². The monoisotopic (exact) mass is 476 g/mol. The first kappa shape index (κ1) is 24.3. The van der Waals surface area contributed by atoms with Crippen LogP contribution in [0.4, 0.5) is 17.6 Å². The van der Waals surface area contributed by atoms with Crippen LogP contribution in [-0.4, -0.2) is 13.0 Å². The van der Waals surface area contributed by atoms with Gasteiger partial charge in [-0.3, -0.25) is 0 Å². The molecule has 33 heavy (non-hydrogen) atoms. The Balaban J connectivity index is 2.27. The lowest BCUT2D eigenvalue weighted by Gasteiger charge is -2.19. The minimum Gasteiger partial charge on any atom is -0.317 e. The molecule has 0 aliphatic heterocycles. The lowest BCUT2D eigenvalue weighted by molar-refractivity contribution is -0.137. The van der Waals surface area contributed by atoms with E-state index in [-0.39, 0.29) is 27.8 Å². The summed E-state index contributed by atoms with van der Waals surface area (Å²) in [6.45, 7) is 5.05. The predicted octanol–water partition coefficient (Wildman–Crippen LogP) is 6.41. The van der Waals surface area contributed by atoms with E-state index in [0.29, 0.717) is 11.8 Å². The van der Waals surface area contributed by atoms with E-state index in [0.717, 1.165) is 18.2 Å². The largest absolute Gasteiger partial charge is 0.418 e. The number of benzene rings is 2. The van der Waals surface area contributed by atoms with Crippen molar-refractivity contribution in [1.82, 2.24) is 4.57 Å². The molecule has 2 aromatic carbocycles. The Morgan fingerprint density at radius 2 is 1.73 bits per heavy atom. The number of aromatic nitrogens is 1. The zero-order valence-electron chi connectivity index (χ0n) is 18.0. The molecule has 0 unspecified atom stereocenters. The molecule has 0 atom stereocenters. The zero-order chi connectivity index (χ0) is 24.6. The SMILES string of the molecule is Cc1c(C=C(C#N)S(=O)(=O)c2ccccc2)cc(C(C)C)n1-c1ccc(F)cc1C(F)(F)F. The molecule has 0 aliphatic rings. The van der Waals surface area contributed by atoms with Crippen LogP contribution in [0.25, 0.3) is 11.8 Å². The maximum absolute atomic E-state index is 13.7. The van der Waals surface area contributed by atoms with E-state index in [4.69, 9.17) is 0 Å². The van der Waals surface area contributed by atoms with Crippen LogP contribution in [0.2, 0.25) is 0 Å². The van der Waals surface area contributed by atoms with Crippen molar-refractivity contribution in [3.8, 4) is 11.8 Å². The van der Waals surface area contributed by atoms with Crippen LogP contribution in [0, 0.1) is 24.1 Å². The van der Waals surface area contributed by atoms with Crippen molar-refractivity contribution < 1.29 is 26.0 Å². The molecular formula is C24H20F4N2O2S. The fourth-order valence-corrected chi connectivity index (χ4v) is 4.68. The Kier molecular flexibility index (Phi) is 6.52. The molecule has 1 heterocycles. The van der Waals surface area contributed by atoms with Crippen LogP contribution >= 0.6 is 0 Å². The van der Waals surface area contributed by atoms with Gasteiger partial charge in [0, 0.05) is 11.4 Å². The molecule has 1 aromatic heterocycles. The van der Waals surface area contributed by atoms with Gasteiger partial charge in [-0.25, -0.2) is 12.8 Å². The number of rotatable bonds is 5. The standard InChI is InChI=1S/C24H20F4N2O2S/c1-15(2)23-12-17(11-20(14-29)33(31,32)19-7-5-4-6-8-19)16(3)30(23)22-10-9-18(25)13-21(22)24(26,27)28/h4-13,15H,1-3H3. The van der Waals surface area contributed by atoms with Crippen molar-refractivity contribution in [3.05, 3.63) is 87.8 Å². The second kappa shape index (κ2) is 8.87. The summed E-state index contributed by atoms with van der Waals surface area (Å²) in [5.74, 6) is -1.28. The Labute approximate surface area is 189 Å². The first-order chi connectivity index (χ1) is 15.4. The first-order valence-electron chi connectivity index (χ1n) is 9.89. The summed E-state index contributed by atoms with van der Waals surface area (Å²) in [7, 11) is -4.13. The quantitative estimate of drug-likeness (QED) is 0.316. The van der Waals surface area contributed by atoms with Gasteiger partial charge in [0.1, 0.15) is 16.8 Å². The highest BCUT2D eigenvalue weighted by Gasteiger charge is 2.35. The molecule has 0 bridgehead atoms. The number of alkyl halides is 3. The second-order valence-electron chi connectivity index (χ2n) is 7.70. The van der Waals surface area contributed by atoms with Crippen LogP contribution in [0.1, 0.15) is 42.3 Å². The van der Waals surface area contributed by atoms with Crippen LogP contribution in [-0.2, 0) is 16.0 Å². The number of hydrogen-bond donors (Lipinski definition) is 0. The first-order valence-corrected chi connectivity index (χ1v) is 11.4. The van der Waals surface area contributed by atoms with Crippen molar-refractivity contribution in [2.45, 2.75) is 37.8 Å².